The smallest absolute Gasteiger partial charge is 0.330 e. The van der Waals surface area contributed by atoms with Gasteiger partial charge in [0.15, 0.2) is 0 Å². The zero-order valence-corrected chi connectivity index (χ0v) is 12.7. The number of esters is 1. The van der Waals surface area contributed by atoms with Crippen LogP contribution in [0.2, 0.25) is 5.02 Å². The molecule has 118 valence electrons. The molecule has 3 rings (SSSR count). The molecule has 0 spiro atoms. The first kappa shape index (κ1) is 15.1. The number of fused-ring (bicyclic) bond motifs is 1. The Hall–Kier alpha value is -1.82. The van der Waals surface area contributed by atoms with Gasteiger partial charge in [0.2, 0.25) is 5.60 Å². The molecule has 1 amide bonds. The van der Waals surface area contributed by atoms with Crippen molar-refractivity contribution in [3.05, 3.63) is 29.0 Å². The van der Waals surface area contributed by atoms with Crippen molar-refractivity contribution in [2.24, 2.45) is 0 Å². The van der Waals surface area contributed by atoms with Crippen molar-refractivity contribution in [1.29, 1.82) is 0 Å². The number of cyclic esters (lactones) is 1. The third-order valence-electron chi connectivity index (χ3n) is 3.97. The minimum atomic E-state index is -1.39. The summed E-state index contributed by atoms with van der Waals surface area (Å²) in [6.45, 7) is 1.87. The molecule has 2 aliphatic rings. The zero-order valence-electron chi connectivity index (χ0n) is 12.0. The monoisotopic (exact) mass is 327 g/mol. The van der Waals surface area contributed by atoms with E-state index in [9.17, 15) is 14.0 Å². The van der Waals surface area contributed by atoms with Crippen LogP contribution in [-0.2, 0) is 14.3 Å². The van der Waals surface area contributed by atoms with Crippen LogP contribution in [0.25, 0.3) is 0 Å². The molecular weight excluding hydrogens is 313 g/mol. The normalized spacial score (nSPS) is 27.6. The number of hydrogen-bond donors (Lipinski definition) is 0. The topological polar surface area (TPSA) is 55.8 Å². The summed E-state index contributed by atoms with van der Waals surface area (Å²) in [6, 6.07) is 3.50. The molecule has 0 N–H and O–H groups in total. The summed E-state index contributed by atoms with van der Waals surface area (Å²) < 4.78 is 24.1. The van der Waals surface area contributed by atoms with Crippen molar-refractivity contribution in [2.75, 3.05) is 13.2 Å². The second-order valence-electron chi connectivity index (χ2n) is 5.67. The van der Waals surface area contributed by atoms with Crippen LogP contribution < -0.4 is 4.74 Å². The third-order valence-corrected chi connectivity index (χ3v) is 4.28. The van der Waals surface area contributed by atoms with E-state index in [1.165, 1.54) is 24.0 Å². The zero-order chi connectivity index (χ0) is 15.9. The van der Waals surface area contributed by atoms with Gasteiger partial charge < -0.3 is 14.4 Å². The number of nitrogens with zero attached hydrogens (tertiary/aromatic N) is 1. The van der Waals surface area contributed by atoms with E-state index in [2.05, 4.69) is 0 Å². The molecule has 2 saturated heterocycles. The van der Waals surface area contributed by atoms with E-state index < -0.39 is 23.4 Å². The Morgan fingerprint density at radius 3 is 3.00 bits per heavy atom. The van der Waals surface area contributed by atoms with Crippen LogP contribution in [0, 0.1) is 5.82 Å². The molecule has 22 heavy (non-hydrogen) atoms. The average Bonchev–Trinajstić information content (AvgIpc) is 2.96. The Kier molecular flexibility index (Phi) is 3.72. The molecule has 1 aromatic rings. The van der Waals surface area contributed by atoms with Gasteiger partial charge in [-0.3, -0.25) is 4.79 Å². The SMILES string of the molecule is C[C@]1(COc2ccc(Cl)c(F)c2)OC(=O)[C@@H]2CCCN2C1=O. The van der Waals surface area contributed by atoms with Crippen molar-refractivity contribution in [3.8, 4) is 5.75 Å². The van der Waals surface area contributed by atoms with Gasteiger partial charge in [-0.05, 0) is 31.9 Å². The maximum Gasteiger partial charge on any atom is 0.330 e. The fourth-order valence-electron chi connectivity index (χ4n) is 2.77. The van der Waals surface area contributed by atoms with E-state index in [4.69, 9.17) is 21.1 Å². The standard InChI is InChI=1S/C15H15ClFNO4/c1-15(8-21-9-4-5-10(16)11(17)7-9)14(20)18-6-2-3-12(18)13(19)22-15/h4-5,7,12H,2-3,6,8H2,1H3/t12-,15+/m0/s1. The van der Waals surface area contributed by atoms with Gasteiger partial charge in [-0.15, -0.1) is 0 Å². The van der Waals surface area contributed by atoms with Gasteiger partial charge >= 0.3 is 5.97 Å². The van der Waals surface area contributed by atoms with Gasteiger partial charge in [0.05, 0.1) is 5.02 Å². The molecular formula is C15H15ClFNO4. The second kappa shape index (κ2) is 5.43. The first-order valence-corrected chi connectivity index (χ1v) is 7.40. The fraction of sp³-hybridized carbons (Fsp3) is 0.467. The average molecular weight is 328 g/mol. The summed E-state index contributed by atoms with van der Waals surface area (Å²) in [5.41, 5.74) is -1.39. The van der Waals surface area contributed by atoms with Gasteiger partial charge in [0.1, 0.15) is 24.2 Å². The van der Waals surface area contributed by atoms with E-state index in [1.54, 1.807) is 0 Å². The van der Waals surface area contributed by atoms with Crippen LogP contribution in [0.5, 0.6) is 5.75 Å². The molecule has 2 heterocycles. The van der Waals surface area contributed by atoms with E-state index in [0.717, 1.165) is 12.5 Å². The molecule has 5 nitrogen and oxygen atoms in total. The first-order chi connectivity index (χ1) is 10.4. The Morgan fingerprint density at radius 2 is 2.27 bits per heavy atom. The van der Waals surface area contributed by atoms with Gasteiger partial charge in [0, 0.05) is 12.6 Å². The van der Waals surface area contributed by atoms with Gasteiger partial charge in [-0.1, -0.05) is 11.6 Å². The molecule has 0 unspecified atom stereocenters. The van der Waals surface area contributed by atoms with Crippen molar-refractivity contribution >= 4 is 23.5 Å². The highest BCUT2D eigenvalue weighted by Crippen LogP contribution is 2.31. The number of halogens is 2. The molecule has 2 atom stereocenters. The predicted octanol–water partition coefficient (Wildman–Crippen LogP) is 2.16. The molecule has 2 fully saturated rings. The van der Waals surface area contributed by atoms with Crippen molar-refractivity contribution in [3.63, 3.8) is 0 Å². The number of carbonyl (C=O) groups excluding carboxylic acids is 2. The quantitative estimate of drug-likeness (QED) is 0.798. The second-order valence-corrected chi connectivity index (χ2v) is 6.08. The van der Waals surface area contributed by atoms with E-state index in [0.29, 0.717) is 13.0 Å². The van der Waals surface area contributed by atoms with Gasteiger partial charge in [-0.25, -0.2) is 9.18 Å². The highest BCUT2D eigenvalue weighted by Gasteiger charge is 2.52. The van der Waals surface area contributed by atoms with Gasteiger partial charge in [-0.2, -0.15) is 0 Å². The summed E-state index contributed by atoms with van der Waals surface area (Å²) >= 11 is 5.60. The lowest BCUT2D eigenvalue weighted by Crippen LogP contribution is -2.61. The minimum Gasteiger partial charge on any atom is -0.489 e. The summed E-state index contributed by atoms with van der Waals surface area (Å²) in [6.07, 6.45) is 1.41. The lowest BCUT2D eigenvalue weighted by Gasteiger charge is -2.39. The Morgan fingerprint density at radius 1 is 1.50 bits per heavy atom. The Labute approximate surface area is 131 Å². The number of ether oxygens (including phenoxy) is 2. The van der Waals surface area contributed by atoms with Crippen LogP contribution >= 0.6 is 11.6 Å². The summed E-state index contributed by atoms with van der Waals surface area (Å²) in [5, 5.41) is -0.0151. The minimum absolute atomic E-state index is 0.0151. The number of carbonyl (C=O) groups is 2. The molecule has 0 radical (unpaired) electrons. The Balaban J connectivity index is 1.74. The number of morpholine rings is 1. The van der Waals surface area contributed by atoms with Crippen LogP contribution in [0.3, 0.4) is 0 Å². The molecule has 7 heteroatoms. The van der Waals surface area contributed by atoms with E-state index in [-0.39, 0.29) is 23.3 Å². The summed E-state index contributed by atoms with van der Waals surface area (Å²) in [7, 11) is 0. The Bertz CT molecular complexity index is 638. The first-order valence-electron chi connectivity index (χ1n) is 7.02. The number of rotatable bonds is 3. The molecule has 0 bridgehead atoms. The van der Waals surface area contributed by atoms with Crippen LogP contribution in [0.15, 0.2) is 18.2 Å². The fourth-order valence-corrected chi connectivity index (χ4v) is 2.89. The maximum atomic E-state index is 13.4. The van der Waals surface area contributed by atoms with Crippen LogP contribution in [-0.4, -0.2) is 41.6 Å². The highest BCUT2D eigenvalue weighted by atomic mass is 35.5. The van der Waals surface area contributed by atoms with E-state index >= 15 is 0 Å². The van der Waals surface area contributed by atoms with Crippen molar-refractivity contribution in [2.45, 2.75) is 31.4 Å². The lowest BCUT2D eigenvalue weighted by atomic mass is 10.0. The maximum absolute atomic E-state index is 13.4. The molecule has 0 saturated carbocycles. The number of hydrogen-bond acceptors (Lipinski definition) is 4. The molecule has 2 aliphatic heterocycles. The van der Waals surface area contributed by atoms with Gasteiger partial charge in [0.25, 0.3) is 5.91 Å². The molecule has 1 aromatic carbocycles. The number of amides is 1. The molecule has 0 aromatic heterocycles. The lowest BCUT2D eigenvalue weighted by molar-refractivity contribution is -0.191. The highest BCUT2D eigenvalue weighted by molar-refractivity contribution is 6.30. The third kappa shape index (κ3) is 2.52. The largest absolute Gasteiger partial charge is 0.489 e. The molecule has 0 aliphatic carbocycles. The predicted molar refractivity (Wildman–Crippen MR) is 76.1 cm³/mol. The summed E-state index contributed by atoms with van der Waals surface area (Å²) in [4.78, 5) is 26.0. The van der Waals surface area contributed by atoms with E-state index in [1.807, 2.05) is 0 Å². The van der Waals surface area contributed by atoms with Crippen molar-refractivity contribution < 1.29 is 23.5 Å². The van der Waals surface area contributed by atoms with Crippen LogP contribution in [0.4, 0.5) is 4.39 Å². The van der Waals surface area contributed by atoms with Crippen LogP contribution in [0.1, 0.15) is 19.8 Å². The van der Waals surface area contributed by atoms with Crippen molar-refractivity contribution in [1.82, 2.24) is 4.90 Å². The number of benzene rings is 1. The summed E-state index contributed by atoms with van der Waals surface area (Å²) in [5.74, 6) is -1.08.